The number of hydrogen-bond donors (Lipinski definition) is 1. The van der Waals surface area contributed by atoms with Crippen molar-refractivity contribution in [1.82, 2.24) is 14.3 Å². The zero-order valence-electron chi connectivity index (χ0n) is 20.1. The summed E-state index contributed by atoms with van der Waals surface area (Å²) >= 11 is 0. The quantitative estimate of drug-likeness (QED) is 0.371. The number of imidazole rings is 1. The molecule has 1 amide bonds. The molecule has 1 N–H and O–H groups in total. The largest absolute Gasteiger partial charge is 0.476 e. The molecular formula is C27H29N3O4S. The first kappa shape index (κ1) is 24.5. The number of fused-ring (bicyclic) bond motifs is 1. The number of carbonyl (C=O) groups is 1. The predicted molar refractivity (Wildman–Crippen MR) is 137 cm³/mol. The monoisotopic (exact) mass is 491 g/mol. The van der Waals surface area contributed by atoms with Crippen LogP contribution in [0.25, 0.3) is 11.0 Å². The van der Waals surface area contributed by atoms with Crippen LogP contribution in [0.4, 0.5) is 0 Å². The van der Waals surface area contributed by atoms with Gasteiger partial charge in [0.25, 0.3) is 5.91 Å². The van der Waals surface area contributed by atoms with E-state index in [4.69, 9.17) is 9.72 Å². The van der Waals surface area contributed by atoms with E-state index in [1.807, 2.05) is 29.0 Å². The molecule has 7 nitrogen and oxygen atoms in total. The molecule has 182 valence electrons. The van der Waals surface area contributed by atoms with Crippen molar-refractivity contribution in [2.24, 2.45) is 0 Å². The zero-order chi connectivity index (χ0) is 25.0. The van der Waals surface area contributed by atoms with Gasteiger partial charge in [-0.2, -0.15) is 0 Å². The highest BCUT2D eigenvalue weighted by Crippen LogP contribution is 2.25. The van der Waals surface area contributed by atoms with Gasteiger partial charge in [-0.25, -0.2) is 18.1 Å². The summed E-state index contributed by atoms with van der Waals surface area (Å²) < 4.78 is 33.5. The highest BCUT2D eigenvalue weighted by Gasteiger charge is 2.25. The molecule has 0 saturated heterocycles. The third kappa shape index (κ3) is 5.89. The minimum atomic E-state index is -3.72. The van der Waals surface area contributed by atoms with Crippen molar-refractivity contribution >= 4 is 27.0 Å². The summed E-state index contributed by atoms with van der Waals surface area (Å²) in [4.78, 5) is 17.5. The lowest BCUT2D eigenvalue weighted by Gasteiger charge is -2.19. The molecule has 1 aromatic heterocycles. The number of aryl methyl sites for hydroxylation is 2. The number of amides is 1. The minimum absolute atomic E-state index is 0.464. The van der Waals surface area contributed by atoms with Crippen LogP contribution in [0.3, 0.4) is 0 Å². The first-order valence-electron chi connectivity index (χ1n) is 11.5. The van der Waals surface area contributed by atoms with Gasteiger partial charge in [0.1, 0.15) is 11.6 Å². The van der Waals surface area contributed by atoms with E-state index in [9.17, 15) is 13.2 Å². The lowest BCUT2D eigenvalue weighted by molar-refractivity contribution is -0.126. The number of sulfonamides is 1. The molecule has 1 unspecified atom stereocenters. The highest BCUT2D eigenvalue weighted by molar-refractivity contribution is 7.89. The lowest BCUT2D eigenvalue weighted by Crippen LogP contribution is -2.36. The van der Waals surface area contributed by atoms with Gasteiger partial charge in [0.2, 0.25) is 16.1 Å². The molecule has 35 heavy (non-hydrogen) atoms. The first-order chi connectivity index (χ1) is 16.7. The molecule has 0 fully saturated rings. The standard InChI is InChI=1S/C27H29N3O4S/c1-4-9-24-28-25-19(2)10-8-13-23(25)30(24)18-20-14-16-22(17-15-20)34-26(21-11-6-5-7-12-21)27(31)29-35(3,32)33/h5-8,10-17,26H,4,9,18H2,1-3H3,(H,29,31). The van der Waals surface area contributed by atoms with Crippen molar-refractivity contribution in [3.05, 3.63) is 95.3 Å². The summed E-state index contributed by atoms with van der Waals surface area (Å²) in [5.41, 5.74) is 4.91. The maximum Gasteiger partial charge on any atom is 0.279 e. The minimum Gasteiger partial charge on any atom is -0.476 e. The summed E-state index contributed by atoms with van der Waals surface area (Å²) in [7, 11) is -3.72. The molecule has 0 bridgehead atoms. The van der Waals surface area contributed by atoms with Crippen LogP contribution in [0.5, 0.6) is 5.75 Å². The molecule has 0 aliphatic heterocycles. The molecule has 1 heterocycles. The van der Waals surface area contributed by atoms with Crippen LogP contribution < -0.4 is 9.46 Å². The predicted octanol–water partition coefficient (Wildman–Crippen LogP) is 4.54. The van der Waals surface area contributed by atoms with E-state index in [-0.39, 0.29) is 0 Å². The van der Waals surface area contributed by atoms with Gasteiger partial charge in [-0.1, -0.05) is 61.5 Å². The van der Waals surface area contributed by atoms with Gasteiger partial charge in [-0.3, -0.25) is 4.79 Å². The topological polar surface area (TPSA) is 90.3 Å². The van der Waals surface area contributed by atoms with Crippen molar-refractivity contribution in [2.75, 3.05) is 6.26 Å². The number of hydrogen-bond acceptors (Lipinski definition) is 5. The van der Waals surface area contributed by atoms with Crippen LogP contribution in [0.2, 0.25) is 0 Å². The fraction of sp³-hybridized carbons (Fsp3) is 0.259. The van der Waals surface area contributed by atoms with E-state index in [1.165, 1.54) is 0 Å². The number of nitrogens with one attached hydrogen (secondary N) is 1. The Morgan fingerprint density at radius 3 is 2.40 bits per heavy atom. The van der Waals surface area contributed by atoms with Gasteiger partial charge in [-0.05, 0) is 42.7 Å². The average molecular weight is 492 g/mol. The maximum absolute atomic E-state index is 12.7. The number of carbonyl (C=O) groups excluding carboxylic acids is 1. The molecule has 3 aromatic carbocycles. The molecule has 0 spiro atoms. The molecule has 0 aliphatic rings. The van der Waals surface area contributed by atoms with E-state index in [0.29, 0.717) is 17.9 Å². The van der Waals surface area contributed by atoms with Crippen molar-refractivity contribution in [3.63, 3.8) is 0 Å². The van der Waals surface area contributed by atoms with Gasteiger partial charge < -0.3 is 9.30 Å². The van der Waals surface area contributed by atoms with E-state index < -0.39 is 22.0 Å². The smallest absolute Gasteiger partial charge is 0.279 e. The van der Waals surface area contributed by atoms with Gasteiger partial charge in [0.05, 0.1) is 17.3 Å². The lowest BCUT2D eigenvalue weighted by atomic mass is 10.1. The third-order valence-corrected chi connectivity index (χ3v) is 6.25. The van der Waals surface area contributed by atoms with Crippen LogP contribution >= 0.6 is 0 Å². The average Bonchev–Trinajstić information content (AvgIpc) is 3.16. The summed E-state index contributed by atoms with van der Waals surface area (Å²) in [6.07, 6.45) is 1.73. The zero-order valence-corrected chi connectivity index (χ0v) is 20.9. The van der Waals surface area contributed by atoms with Gasteiger partial charge >= 0.3 is 0 Å². The Hall–Kier alpha value is -3.65. The van der Waals surface area contributed by atoms with E-state index >= 15 is 0 Å². The Kier molecular flexibility index (Phi) is 7.21. The Labute approximate surface area is 205 Å². The number of nitrogens with zero attached hydrogens (tertiary/aromatic N) is 2. The number of ether oxygens (including phenoxy) is 1. The van der Waals surface area contributed by atoms with Gasteiger partial charge in [-0.15, -0.1) is 0 Å². The summed E-state index contributed by atoms with van der Waals surface area (Å²) in [5, 5.41) is 0. The van der Waals surface area contributed by atoms with Gasteiger partial charge in [0.15, 0.2) is 0 Å². The second-order valence-electron chi connectivity index (χ2n) is 8.60. The number of para-hydroxylation sites is 1. The fourth-order valence-corrected chi connectivity index (χ4v) is 4.53. The Bertz CT molecular complexity index is 1430. The van der Waals surface area contributed by atoms with Crippen LogP contribution in [-0.4, -0.2) is 30.1 Å². The second kappa shape index (κ2) is 10.3. The second-order valence-corrected chi connectivity index (χ2v) is 10.3. The molecule has 4 rings (SSSR count). The third-order valence-electron chi connectivity index (χ3n) is 5.68. The number of benzene rings is 3. The van der Waals surface area contributed by atoms with Gasteiger partial charge in [0, 0.05) is 18.5 Å². The van der Waals surface area contributed by atoms with E-state index in [1.54, 1.807) is 36.4 Å². The fourth-order valence-electron chi connectivity index (χ4n) is 4.06. The van der Waals surface area contributed by atoms with E-state index in [2.05, 4.69) is 30.5 Å². The Balaban J connectivity index is 1.58. The highest BCUT2D eigenvalue weighted by atomic mass is 32.2. The Morgan fingerprint density at radius 2 is 1.74 bits per heavy atom. The first-order valence-corrected chi connectivity index (χ1v) is 13.4. The van der Waals surface area contributed by atoms with E-state index in [0.717, 1.165) is 47.1 Å². The number of rotatable bonds is 9. The van der Waals surface area contributed by atoms with Crippen molar-refractivity contribution in [1.29, 1.82) is 0 Å². The van der Waals surface area contributed by atoms with Crippen LogP contribution in [-0.2, 0) is 27.8 Å². The number of aromatic nitrogens is 2. The van der Waals surface area contributed by atoms with Crippen molar-refractivity contribution in [3.8, 4) is 5.75 Å². The van der Waals surface area contributed by atoms with Crippen molar-refractivity contribution in [2.45, 2.75) is 39.3 Å². The molecule has 0 aliphatic carbocycles. The summed E-state index contributed by atoms with van der Waals surface area (Å²) in [6.45, 7) is 4.88. The molecule has 0 saturated carbocycles. The molecule has 1 atom stereocenters. The van der Waals surface area contributed by atoms with Crippen LogP contribution in [0.15, 0.2) is 72.8 Å². The SMILES string of the molecule is CCCc1nc2c(C)cccc2n1Cc1ccc(OC(C(=O)NS(C)(=O)=O)c2ccccc2)cc1. The van der Waals surface area contributed by atoms with Crippen LogP contribution in [0, 0.1) is 6.92 Å². The maximum atomic E-state index is 12.7. The molecule has 0 radical (unpaired) electrons. The van der Waals surface area contributed by atoms with Crippen LogP contribution in [0.1, 0.15) is 42.0 Å². The molecule has 8 heteroatoms. The Morgan fingerprint density at radius 1 is 1.03 bits per heavy atom. The molecular weight excluding hydrogens is 462 g/mol. The normalized spacial score (nSPS) is 12.4. The summed E-state index contributed by atoms with van der Waals surface area (Å²) in [6, 6.07) is 22.5. The molecule has 4 aromatic rings. The van der Waals surface area contributed by atoms with Crippen molar-refractivity contribution < 1.29 is 17.9 Å². The summed E-state index contributed by atoms with van der Waals surface area (Å²) in [5.74, 6) is 0.775.